The van der Waals surface area contributed by atoms with Gasteiger partial charge in [-0.1, -0.05) is 24.3 Å². The van der Waals surface area contributed by atoms with E-state index in [1.165, 1.54) is 37.2 Å². The molecule has 21 heavy (non-hydrogen) atoms. The van der Waals surface area contributed by atoms with Crippen molar-refractivity contribution in [2.75, 3.05) is 23.3 Å². The van der Waals surface area contributed by atoms with Crippen molar-refractivity contribution < 1.29 is 5.11 Å². The van der Waals surface area contributed by atoms with Crippen LogP contribution in [-0.2, 0) is 13.2 Å². The van der Waals surface area contributed by atoms with Gasteiger partial charge in [0.1, 0.15) is 0 Å². The standard InChI is InChI=1S/C18H22N2O/c21-14-16-5-3-15(4-6-16)13-19-17-7-9-18(10-8-17)20-11-1-2-12-20/h3-10,19,21H,1-2,11-14H2. The lowest BCUT2D eigenvalue weighted by molar-refractivity contribution is 0.282. The first-order valence-electron chi connectivity index (χ1n) is 7.63. The normalized spacial score (nSPS) is 14.4. The van der Waals surface area contributed by atoms with Crippen LogP contribution in [0.2, 0.25) is 0 Å². The molecule has 2 aromatic carbocycles. The monoisotopic (exact) mass is 282 g/mol. The Labute approximate surface area is 126 Å². The van der Waals surface area contributed by atoms with Crippen molar-refractivity contribution in [1.82, 2.24) is 0 Å². The third-order valence-electron chi connectivity index (χ3n) is 4.04. The molecule has 0 atom stereocenters. The van der Waals surface area contributed by atoms with E-state index in [0.717, 1.165) is 17.8 Å². The summed E-state index contributed by atoms with van der Waals surface area (Å²) in [7, 11) is 0. The van der Waals surface area contributed by atoms with E-state index in [9.17, 15) is 0 Å². The van der Waals surface area contributed by atoms with Crippen LogP contribution in [-0.4, -0.2) is 18.2 Å². The first-order chi connectivity index (χ1) is 10.3. The molecule has 1 aliphatic heterocycles. The highest BCUT2D eigenvalue weighted by atomic mass is 16.3. The van der Waals surface area contributed by atoms with Crippen LogP contribution in [0.15, 0.2) is 48.5 Å². The summed E-state index contributed by atoms with van der Waals surface area (Å²) in [5.41, 5.74) is 4.64. The molecule has 1 saturated heterocycles. The van der Waals surface area contributed by atoms with E-state index < -0.39 is 0 Å². The van der Waals surface area contributed by atoms with E-state index in [1.807, 2.05) is 12.1 Å². The second kappa shape index (κ2) is 6.64. The lowest BCUT2D eigenvalue weighted by Crippen LogP contribution is -2.17. The third-order valence-corrected chi connectivity index (χ3v) is 4.04. The van der Waals surface area contributed by atoms with Crippen LogP contribution in [0.4, 0.5) is 11.4 Å². The van der Waals surface area contributed by atoms with Crippen LogP contribution < -0.4 is 10.2 Å². The van der Waals surface area contributed by atoms with E-state index >= 15 is 0 Å². The summed E-state index contributed by atoms with van der Waals surface area (Å²) in [6.45, 7) is 3.27. The summed E-state index contributed by atoms with van der Waals surface area (Å²) >= 11 is 0. The van der Waals surface area contributed by atoms with Gasteiger partial charge in [0, 0.05) is 31.0 Å². The van der Waals surface area contributed by atoms with Crippen LogP contribution >= 0.6 is 0 Å². The number of rotatable bonds is 5. The molecule has 1 fully saturated rings. The molecule has 2 aromatic rings. The number of aliphatic hydroxyl groups excluding tert-OH is 1. The van der Waals surface area contributed by atoms with Crippen molar-refractivity contribution in [2.24, 2.45) is 0 Å². The predicted molar refractivity (Wildman–Crippen MR) is 87.6 cm³/mol. The maximum absolute atomic E-state index is 9.03. The highest BCUT2D eigenvalue weighted by Crippen LogP contribution is 2.22. The topological polar surface area (TPSA) is 35.5 Å². The fourth-order valence-corrected chi connectivity index (χ4v) is 2.73. The van der Waals surface area contributed by atoms with Crippen LogP contribution in [0, 0.1) is 0 Å². The van der Waals surface area contributed by atoms with Crippen molar-refractivity contribution in [3.05, 3.63) is 59.7 Å². The molecule has 0 aliphatic carbocycles. The maximum Gasteiger partial charge on any atom is 0.0681 e. The predicted octanol–water partition coefficient (Wildman–Crippen LogP) is 3.39. The van der Waals surface area contributed by atoms with E-state index in [-0.39, 0.29) is 6.61 Å². The van der Waals surface area contributed by atoms with Gasteiger partial charge in [0.2, 0.25) is 0 Å². The number of benzene rings is 2. The molecule has 110 valence electrons. The number of aliphatic hydroxyl groups is 1. The SMILES string of the molecule is OCc1ccc(CNc2ccc(N3CCCC3)cc2)cc1. The first kappa shape index (κ1) is 14.0. The highest BCUT2D eigenvalue weighted by molar-refractivity contribution is 5.55. The Bertz CT molecular complexity index is 557. The number of hydrogen-bond donors (Lipinski definition) is 2. The molecule has 0 spiro atoms. The van der Waals surface area contributed by atoms with Crippen molar-refractivity contribution in [2.45, 2.75) is 26.0 Å². The Balaban J connectivity index is 1.57. The van der Waals surface area contributed by atoms with Gasteiger partial charge in [0.25, 0.3) is 0 Å². The van der Waals surface area contributed by atoms with E-state index in [4.69, 9.17) is 5.11 Å². The average Bonchev–Trinajstić information content (AvgIpc) is 3.08. The molecule has 1 heterocycles. The smallest absolute Gasteiger partial charge is 0.0681 e. The minimum absolute atomic E-state index is 0.103. The molecular formula is C18H22N2O. The molecule has 3 nitrogen and oxygen atoms in total. The Morgan fingerprint density at radius 3 is 2.10 bits per heavy atom. The first-order valence-corrected chi connectivity index (χ1v) is 7.63. The summed E-state index contributed by atoms with van der Waals surface area (Å²) in [4.78, 5) is 2.44. The van der Waals surface area contributed by atoms with Crippen molar-refractivity contribution in [1.29, 1.82) is 0 Å². The zero-order chi connectivity index (χ0) is 14.5. The van der Waals surface area contributed by atoms with Gasteiger partial charge in [0.15, 0.2) is 0 Å². The van der Waals surface area contributed by atoms with Crippen molar-refractivity contribution in [3.8, 4) is 0 Å². The molecule has 0 unspecified atom stereocenters. The minimum Gasteiger partial charge on any atom is -0.392 e. The van der Waals surface area contributed by atoms with Crippen LogP contribution in [0.3, 0.4) is 0 Å². The fraction of sp³-hybridized carbons (Fsp3) is 0.333. The Morgan fingerprint density at radius 2 is 1.48 bits per heavy atom. The molecule has 0 bridgehead atoms. The zero-order valence-electron chi connectivity index (χ0n) is 12.3. The van der Waals surface area contributed by atoms with Gasteiger partial charge in [-0.2, -0.15) is 0 Å². The van der Waals surface area contributed by atoms with Crippen LogP contribution in [0.1, 0.15) is 24.0 Å². The van der Waals surface area contributed by atoms with E-state index in [0.29, 0.717) is 0 Å². The Hall–Kier alpha value is -2.00. The zero-order valence-corrected chi connectivity index (χ0v) is 12.3. The summed E-state index contributed by atoms with van der Waals surface area (Å²) in [5, 5.41) is 12.5. The molecule has 3 rings (SSSR count). The second-order valence-electron chi connectivity index (χ2n) is 5.57. The number of anilines is 2. The summed E-state index contributed by atoms with van der Waals surface area (Å²) in [6, 6.07) is 16.7. The summed E-state index contributed by atoms with van der Waals surface area (Å²) < 4.78 is 0. The highest BCUT2D eigenvalue weighted by Gasteiger charge is 2.11. The van der Waals surface area contributed by atoms with Crippen molar-refractivity contribution >= 4 is 11.4 Å². The van der Waals surface area contributed by atoms with Gasteiger partial charge < -0.3 is 15.3 Å². The van der Waals surface area contributed by atoms with E-state index in [2.05, 4.69) is 46.6 Å². The second-order valence-corrected chi connectivity index (χ2v) is 5.57. The van der Waals surface area contributed by atoms with Crippen LogP contribution in [0.25, 0.3) is 0 Å². The van der Waals surface area contributed by atoms with Crippen molar-refractivity contribution in [3.63, 3.8) is 0 Å². The van der Waals surface area contributed by atoms with Gasteiger partial charge >= 0.3 is 0 Å². The molecule has 0 saturated carbocycles. The minimum atomic E-state index is 0.103. The van der Waals surface area contributed by atoms with Crippen LogP contribution in [0.5, 0.6) is 0 Å². The lowest BCUT2D eigenvalue weighted by Gasteiger charge is -2.18. The fourth-order valence-electron chi connectivity index (χ4n) is 2.73. The van der Waals surface area contributed by atoms with E-state index in [1.54, 1.807) is 0 Å². The molecular weight excluding hydrogens is 260 g/mol. The summed E-state index contributed by atoms with van der Waals surface area (Å²) in [5.74, 6) is 0. The van der Waals surface area contributed by atoms with Gasteiger partial charge in [-0.25, -0.2) is 0 Å². The molecule has 0 radical (unpaired) electrons. The lowest BCUT2D eigenvalue weighted by atomic mass is 10.1. The number of nitrogens with zero attached hydrogens (tertiary/aromatic N) is 1. The Kier molecular flexibility index (Phi) is 4.41. The molecule has 1 aliphatic rings. The number of hydrogen-bond acceptors (Lipinski definition) is 3. The third kappa shape index (κ3) is 3.56. The van der Waals surface area contributed by atoms with Gasteiger partial charge in [-0.3, -0.25) is 0 Å². The number of nitrogens with one attached hydrogen (secondary N) is 1. The quantitative estimate of drug-likeness (QED) is 0.882. The molecule has 3 heteroatoms. The molecule has 2 N–H and O–H groups in total. The molecule has 0 aromatic heterocycles. The molecule has 0 amide bonds. The van der Waals surface area contributed by atoms with Gasteiger partial charge in [-0.05, 0) is 48.2 Å². The van der Waals surface area contributed by atoms with Gasteiger partial charge in [-0.15, -0.1) is 0 Å². The largest absolute Gasteiger partial charge is 0.392 e. The summed E-state index contributed by atoms with van der Waals surface area (Å²) in [6.07, 6.45) is 2.62. The Morgan fingerprint density at radius 1 is 0.857 bits per heavy atom. The maximum atomic E-state index is 9.03. The van der Waals surface area contributed by atoms with Gasteiger partial charge in [0.05, 0.1) is 6.61 Å². The average molecular weight is 282 g/mol.